The summed E-state index contributed by atoms with van der Waals surface area (Å²) < 4.78 is 36.0. The Morgan fingerprint density at radius 2 is 1.90 bits per heavy atom. The Morgan fingerprint density at radius 3 is 2.52 bits per heavy atom. The molecule has 0 aliphatic rings. The Morgan fingerprint density at radius 1 is 1.19 bits per heavy atom. The lowest BCUT2D eigenvalue weighted by Crippen LogP contribution is -2.06. The molecule has 0 heterocycles. The van der Waals surface area contributed by atoms with E-state index in [0.29, 0.717) is 11.1 Å². The quantitative estimate of drug-likeness (QED) is 0.810. The molecule has 0 bridgehead atoms. The van der Waals surface area contributed by atoms with E-state index in [1.165, 1.54) is 36.4 Å². The van der Waals surface area contributed by atoms with Crippen LogP contribution in [0, 0.1) is 5.82 Å². The van der Waals surface area contributed by atoms with E-state index in [0.717, 1.165) is 6.26 Å². The molecule has 0 spiro atoms. The molecule has 3 nitrogen and oxygen atoms in total. The van der Waals surface area contributed by atoms with E-state index in [4.69, 9.17) is 11.6 Å². The van der Waals surface area contributed by atoms with Gasteiger partial charge in [0.25, 0.3) is 0 Å². The minimum Gasteiger partial charge on any atom is -0.294 e. The van der Waals surface area contributed by atoms with Crippen LogP contribution in [-0.4, -0.2) is 20.5 Å². The molecular formula is C15H12ClFO3S. The van der Waals surface area contributed by atoms with Crippen molar-refractivity contribution in [1.29, 1.82) is 0 Å². The first kappa shape index (κ1) is 15.7. The van der Waals surface area contributed by atoms with Crippen molar-refractivity contribution in [3.05, 3.63) is 64.4 Å². The predicted octanol–water partition coefficient (Wildman–Crippen LogP) is 3.31. The Balaban J connectivity index is 2.26. The summed E-state index contributed by atoms with van der Waals surface area (Å²) in [4.78, 5) is 12.2. The fourth-order valence-corrected chi connectivity index (χ4v) is 2.71. The van der Waals surface area contributed by atoms with Crippen molar-refractivity contribution >= 4 is 27.2 Å². The van der Waals surface area contributed by atoms with Crippen molar-refractivity contribution in [2.24, 2.45) is 0 Å². The topological polar surface area (TPSA) is 51.2 Å². The Labute approximate surface area is 127 Å². The van der Waals surface area contributed by atoms with Gasteiger partial charge >= 0.3 is 0 Å². The molecule has 0 saturated heterocycles. The van der Waals surface area contributed by atoms with Crippen LogP contribution in [0.15, 0.2) is 47.4 Å². The van der Waals surface area contributed by atoms with E-state index >= 15 is 0 Å². The molecule has 0 amide bonds. The van der Waals surface area contributed by atoms with Gasteiger partial charge in [-0.15, -0.1) is 0 Å². The van der Waals surface area contributed by atoms with Crippen LogP contribution in [-0.2, 0) is 16.3 Å². The molecule has 0 N–H and O–H groups in total. The molecule has 110 valence electrons. The number of halogens is 2. The van der Waals surface area contributed by atoms with Gasteiger partial charge < -0.3 is 0 Å². The zero-order valence-corrected chi connectivity index (χ0v) is 12.7. The monoisotopic (exact) mass is 326 g/mol. The molecular weight excluding hydrogens is 315 g/mol. The summed E-state index contributed by atoms with van der Waals surface area (Å²) in [6, 6.07) is 9.87. The van der Waals surface area contributed by atoms with Crippen molar-refractivity contribution in [2.45, 2.75) is 11.3 Å². The van der Waals surface area contributed by atoms with E-state index in [1.807, 2.05) is 0 Å². The zero-order chi connectivity index (χ0) is 15.6. The SMILES string of the molecule is CS(=O)(=O)c1cccc(C(=O)Cc2ccc(F)c(Cl)c2)c1. The van der Waals surface area contributed by atoms with E-state index in [-0.39, 0.29) is 22.1 Å². The number of carbonyl (C=O) groups is 1. The summed E-state index contributed by atoms with van der Waals surface area (Å²) in [5, 5.41) is -0.0508. The third-order valence-electron chi connectivity index (χ3n) is 2.93. The highest BCUT2D eigenvalue weighted by molar-refractivity contribution is 7.90. The van der Waals surface area contributed by atoms with E-state index in [2.05, 4.69) is 0 Å². The molecule has 0 aliphatic carbocycles. The second kappa shape index (κ2) is 5.95. The van der Waals surface area contributed by atoms with Gasteiger partial charge in [0.1, 0.15) is 5.82 Å². The number of benzene rings is 2. The first-order chi connectivity index (χ1) is 9.77. The first-order valence-electron chi connectivity index (χ1n) is 6.04. The molecule has 2 aromatic carbocycles. The van der Waals surface area contributed by atoms with Crippen molar-refractivity contribution in [3.63, 3.8) is 0 Å². The van der Waals surface area contributed by atoms with Crippen LogP contribution in [0.5, 0.6) is 0 Å². The second-order valence-corrected chi connectivity index (χ2v) is 7.07. The third kappa shape index (κ3) is 3.89. The standard InChI is InChI=1S/C15H12ClFO3S/c1-21(19,20)12-4-2-3-11(9-12)15(18)8-10-5-6-14(17)13(16)7-10/h2-7,9H,8H2,1H3. The highest BCUT2D eigenvalue weighted by Gasteiger charge is 2.13. The molecule has 2 rings (SSSR count). The summed E-state index contributed by atoms with van der Waals surface area (Å²) >= 11 is 5.66. The molecule has 6 heteroatoms. The van der Waals surface area contributed by atoms with Gasteiger partial charge in [0, 0.05) is 18.2 Å². The van der Waals surface area contributed by atoms with Crippen molar-refractivity contribution in [1.82, 2.24) is 0 Å². The van der Waals surface area contributed by atoms with E-state index < -0.39 is 15.7 Å². The smallest absolute Gasteiger partial charge is 0.175 e. The Hall–Kier alpha value is -1.72. The van der Waals surface area contributed by atoms with E-state index in [1.54, 1.807) is 6.07 Å². The number of hydrogen-bond acceptors (Lipinski definition) is 3. The van der Waals surface area contributed by atoms with Crippen molar-refractivity contribution in [2.75, 3.05) is 6.26 Å². The van der Waals surface area contributed by atoms with Crippen molar-refractivity contribution in [3.8, 4) is 0 Å². The van der Waals surface area contributed by atoms with Gasteiger partial charge in [-0.2, -0.15) is 0 Å². The van der Waals surface area contributed by atoms with Crippen LogP contribution in [0.2, 0.25) is 5.02 Å². The average Bonchev–Trinajstić information content (AvgIpc) is 2.42. The Kier molecular flexibility index (Phi) is 4.44. The van der Waals surface area contributed by atoms with Crippen LogP contribution in [0.1, 0.15) is 15.9 Å². The number of hydrogen-bond donors (Lipinski definition) is 0. The lowest BCUT2D eigenvalue weighted by molar-refractivity contribution is 0.0992. The van der Waals surface area contributed by atoms with E-state index in [9.17, 15) is 17.6 Å². The van der Waals surface area contributed by atoms with Gasteiger partial charge in [0.2, 0.25) is 0 Å². The van der Waals surface area contributed by atoms with Gasteiger partial charge in [-0.3, -0.25) is 4.79 Å². The maximum Gasteiger partial charge on any atom is 0.175 e. The van der Waals surface area contributed by atoms with Crippen LogP contribution < -0.4 is 0 Å². The first-order valence-corrected chi connectivity index (χ1v) is 8.31. The second-order valence-electron chi connectivity index (χ2n) is 4.65. The fourth-order valence-electron chi connectivity index (χ4n) is 1.84. The normalized spacial score (nSPS) is 11.4. The van der Waals surface area contributed by atoms with Crippen LogP contribution in [0.25, 0.3) is 0 Å². The highest BCUT2D eigenvalue weighted by Crippen LogP contribution is 2.18. The molecule has 0 fully saturated rings. The fraction of sp³-hybridized carbons (Fsp3) is 0.133. The molecule has 0 aliphatic heterocycles. The maximum absolute atomic E-state index is 13.1. The largest absolute Gasteiger partial charge is 0.294 e. The van der Waals surface area contributed by atoms with Gasteiger partial charge in [-0.1, -0.05) is 29.8 Å². The molecule has 2 aromatic rings. The molecule has 21 heavy (non-hydrogen) atoms. The van der Waals surface area contributed by atoms with Crippen LogP contribution in [0.4, 0.5) is 4.39 Å². The molecule has 0 atom stereocenters. The maximum atomic E-state index is 13.1. The number of Topliss-reactive ketones (excluding diaryl/α,β-unsaturated/α-hetero) is 1. The third-order valence-corrected chi connectivity index (χ3v) is 4.33. The summed E-state index contributed by atoms with van der Waals surface area (Å²) in [6.07, 6.45) is 1.10. The summed E-state index contributed by atoms with van der Waals surface area (Å²) in [7, 11) is -3.37. The molecule has 0 aromatic heterocycles. The van der Waals surface area contributed by atoms with Gasteiger partial charge in [0.05, 0.1) is 9.92 Å². The van der Waals surface area contributed by atoms with Crippen molar-refractivity contribution < 1.29 is 17.6 Å². The molecule has 0 unspecified atom stereocenters. The minimum atomic E-state index is -3.37. The number of ketones is 1. The number of rotatable bonds is 4. The average molecular weight is 327 g/mol. The van der Waals surface area contributed by atoms with Gasteiger partial charge in [-0.05, 0) is 29.8 Å². The number of carbonyl (C=O) groups excluding carboxylic acids is 1. The number of sulfone groups is 1. The predicted molar refractivity (Wildman–Crippen MR) is 79.0 cm³/mol. The lowest BCUT2D eigenvalue weighted by Gasteiger charge is -2.05. The minimum absolute atomic E-state index is 0.0210. The summed E-state index contributed by atoms with van der Waals surface area (Å²) in [5.74, 6) is -0.810. The highest BCUT2D eigenvalue weighted by atomic mass is 35.5. The zero-order valence-electron chi connectivity index (χ0n) is 11.1. The molecule has 0 radical (unpaired) electrons. The van der Waals surface area contributed by atoms with Gasteiger partial charge in [0.15, 0.2) is 15.6 Å². The van der Waals surface area contributed by atoms with Crippen LogP contribution >= 0.6 is 11.6 Å². The van der Waals surface area contributed by atoms with Crippen LogP contribution in [0.3, 0.4) is 0 Å². The van der Waals surface area contributed by atoms with Gasteiger partial charge in [-0.25, -0.2) is 12.8 Å². The lowest BCUT2D eigenvalue weighted by atomic mass is 10.0. The summed E-state index contributed by atoms with van der Waals surface area (Å²) in [5.41, 5.74) is 0.856. The molecule has 0 saturated carbocycles. The Bertz CT molecular complexity index is 800. The summed E-state index contributed by atoms with van der Waals surface area (Å²) in [6.45, 7) is 0.